The first kappa shape index (κ1) is 15.9. The summed E-state index contributed by atoms with van der Waals surface area (Å²) in [7, 11) is 0. The molecule has 0 bridgehead atoms. The summed E-state index contributed by atoms with van der Waals surface area (Å²) >= 11 is 0. The molecule has 0 saturated heterocycles. The van der Waals surface area contributed by atoms with Crippen molar-refractivity contribution < 1.29 is 14.3 Å². The number of hydrogen-bond donors (Lipinski definition) is 1. The van der Waals surface area contributed by atoms with Gasteiger partial charge < -0.3 is 14.8 Å². The second-order valence-electron chi connectivity index (χ2n) is 4.93. The molecule has 22 heavy (non-hydrogen) atoms. The molecule has 2 aromatic rings. The van der Waals surface area contributed by atoms with Crippen LogP contribution < -0.4 is 14.8 Å². The Hall–Kier alpha value is -2.49. The third kappa shape index (κ3) is 4.81. The van der Waals surface area contributed by atoms with Gasteiger partial charge in [-0.3, -0.25) is 0 Å². The number of carbonyl (C=O) groups is 1. The van der Waals surface area contributed by atoms with Gasteiger partial charge in [-0.25, -0.2) is 4.79 Å². The van der Waals surface area contributed by atoms with Crippen LogP contribution in [0.25, 0.3) is 0 Å². The fourth-order valence-corrected chi connectivity index (χ4v) is 2.01. The molecule has 1 N–H and O–H groups in total. The van der Waals surface area contributed by atoms with Crippen molar-refractivity contribution in [3.05, 3.63) is 59.7 Å². The molecular weight excluding hydrogens is 278 g/mol. The largest absolute Gasteiger partial charge is 0.490 e. The highest BCUT2D eigenvalue weighted by molar-refractivity contribution is 5.71. The van der Waals surface area contributed by atoms with Gasteiger partial charge in [-0.15, -0.1) is 0 Å². The summed E-state index contributed by atoms with van der Waals surface area (Å²) in [5.74, 6) is 0.996. The summed E-state index contributed by atoms with van der Waals surface area (Å²) in [5.41, 5.74) is 2.41. The first-order chi connectivity index (χ1) is 10.7. The zero-order valence-electron chi connectivity index (χ0n) is 13.0. The number of benzene rings is 2. The van der Waals surface area contributed by atoms with Crippen LogP contribution in [0.5, 0.6) is 11.5 Å². The van der Waals surface area contributed by atoms with E-state index in [-0.39, 0.29) is 0 Å². The number of nitrogens with one attached hydrogen (secondary N) is 1. The van der Waals surface area contributed by atoms with Crippen LogP contribution in [0.1, 0.15) is 18.1 Å². The van der Waals surface area contributed by atoms with E-state index >= 15 is 0 Å². The van der Waals surface area contributed by atoms with Crippen molar-refractivity contribution in [2.24, 2.45) is 0 Å². The van der Waals surface area contributed by atoms with Crippen molar-refractivity contribution in [1.82, 2.24) is 5.32 Å². The standard InChI is InChI=1S/C18H21NO3/c1-3-21-16-6-4-5-7-17(16)22-18(20)19-13-12-15-10-8-14(2)9-11-15/h4-11H,3,12-13H2,1-2H3,(H,19,20). The number of ether oxygens (including phenoxy) is 2. The molecule has 4 heteroatoms. The molecule has 0 fully saturated rings. The van der Waals surface area contributed by atoms with Gasteiger partial charge in [0.1, 0.15) is 0 Å². The van der Waals surface area contributed by atoms with Gasteiger partial charge in [0.25, 0.3) is 0 Å². The van der Waals surface area contributed by atoms with E-state index in [0.29, 0.717) is 24.7 Å². The van der Waals surface area contributed by atoms with Crippen molar-refractivity contribution in [3.63, 3.8) is 0 Å². The number of rotatable bonds is 6. The van der Waals surface area contributed by atoms with E-state index < -0.39 is 6.09 Å². The fourth-order valence-electron chi connectivity index (χ4n) is 2.01. The van der Waals surface area contributed by atoms with Crippen molar-refractivity contribution >= 4 is 6.09 Å². The van der Waals surface area contributed by atoms with E-state index in [1.807, 2.05) is 13.0 Å². The highest BCUT2D eigenvalue weighted by atomic mass is 16.6. The predicted molar refractivity (Wildman–Crippen MR) is 86.5 cm³/mol. The highest BCUT2D eigenvalue weighted by Crippen LogP contribution is 2.26. The molecule has 0 unspecified atom stereocenters. The maximum absolute atomic E-state index is 11.8. The predicted octanol–water partition coefficient (Wildman–Crippen LogP) is 3.72. The summed E-state index contributed by atoms with van der Waals surface area (Å²) < 4.78 is 10.7. The van der Waals surface area contributed by atoms with Crippen LogP contribution in [-0.4, -0.2) is 19.2 Å². The Morgan fingerprint density at radius 1 is 1.05 bits per heavy atom. The van der Waals surface area contributed by atoms with Gasteiger partial charge in [-0.2, -0.15) is 0 Å². The van der Waals surface area contributed by atoms with Crippen molar-refractivity contribution in [3.8, 4) is 11.5 Å². The van der Waals surface area contributed by atoms with Crippen LogP contribution >= 0.6 is 0 Å². The fraction of sp³-hybridized carbons (Fsp3) is 0.278. The molecule has 0 saturated carbocycles. The summed E-state index contributed by atoms with van der Waals surface area (Å²) in [4.78, 5) is 11.8. The molecule has 4 nitrogen and oxygen atoms in total. The monoisotopic (exact) mass is 299 g/mol. The molecule has 2 aromatic carbocycles. The van der Waals surface area contributed by atoms with Gasteiger partial charge >= 0.3 is 6.09 Å². The van der Waals surface area contributed by atoms with E-state index in [2.05, 4.69) is 36.5 Å². The molecule has 2 rings (SSSR count). The lowest BCUT2D eigenvalue weighted by atomic mass is 10.1. The van der Waals surface area contributed by atoms with Crippen LogP contribution in [0.2, 0.25) is 0 Å². The molecule has 0 aliphatic carbocycles. The quantitative estimate of drug-likeness (QED) is 0.884. The topological polar surface area (TPSA) is 47.6 Å². The van der Waals surface area contributed by atoms with E-state index in [0.717, 1.165) is 6.42 Å². The molecule has 0 aromatic heterocycles. The molecule has 0 heterocycles. The smallest absolute Gasteiger partial charge is 0.412 e. The normalized spacial score (nSPS) is 10.1. The van der Waals surface area contributed by atoms with Crippen LogP contribution in [0.15, 0.2) is 48.5 Å². The number of aryl methyl sites for hydroxylation is 1. The van der Waals surface area contributed by atoms with E-state index in [4.69, 9.17) is 9.47 Å². The third-order valence-electron chi connectivity index (χ3n) is 3.16. The van der Waals surface area contributed by atoms with Crippen LogP contribution in [0.4, 0.5) is 4.79 Å². The Labute approximate surface area is 131 Å². The SMILES string of the molecule is CCOc1ccccc1OC(=O)NCCc1ccc(C)cc1. The van der Waals surface area contributed by atoms with Crippen LogP contribution in [0, 0.1) is 6.92 Å². The lowest BCUT2D eigenvalue weighted by Gasteiger charge is -2.11. The van der Waals surface area contributed by atoms with Gasteiger partial charge in [0.15, 0.2) is 11.5 Å². The Morgan fingerprint density at radius 2 is 1.73 bits per heavy atom. The number of hydrogen-bond acceptors (Lipinski definition) is 3. The average Bonchev–Trinajstić information content (AvgIpc) is 2.51. The lowest BCUT2D eigenvalue weighted by Crippen LogP contribution is -2.28. The lowest BCUT2D eigenvalue weighted by molar-refractivity contribution is 0.197. The second kappa shape index (κ2) is 8.08. The molecule has 116 valence electrons. The zero-order chi connectivity index (χ0) is 15.8. The third-order valence-corrected chi connectivity index (χ3v) is 3.16. The molecule has 0 atom stereocenters. The molecule has 0 radical (unpaired) electrons. The van der Waals surface area contributed by atoms with Gasteiger partial charge in [0.05, 0.1) is 6.61 Å². The molecule has 1 amide bonds. The highest BCUT2D eigenvalue weighted by Gasteiger charge is 2.08. The van der Waals surface area contributed by atoms with Gasteiger partial charge in [-0.05, 0) is 38.0 Å². The Kier molecular flexibility index (Phi) is 5.83. The van der Waals surface area contributed by atoms with Crippen molar-refractivity contribution in [2.75, 3.05) is 13.2 Å². The van der Waals surface area contributed by atoms with Crippen LogP contribution in [-0.2, 0) is 6.42 Å². The minimum absolute atomic E-state index is 0.428. The summed E-state index contributed by atoms with van der Waals surface area (Å²) in [6.45, 7) is 4.99. The zero-order valence-corrected chi connectivity index (χ0v) is 13.0. The number of para-hydroxylation sites is 2. The molecule has 0 spiro atoms. The minimum Gasteiger partial charge on any atom is -0.490 e. The second-order valence-corrected chi connectivity index (χ2v) is 4.93. The molecular formula is C18H21NO3. The van der Waals surface area contributed by atoms with Gasteiger partial charge in [-0.1, -0.05) is 42.0 Å². The van der Waals surface area contributed by atoms with Crippen LogP contribution in [0.3, 0.4) is 0 Å². The first-order valence-corrected chi connectivity index (χ1v) is 7.42. The van der Waals surface area contributed by atoms with Crippen molar-refractivity contribution in [1.29, 1.82) is 0 Å². The van der Waals surface area contributed by atoms with Gasteiger partial charge in [0, 0.05) is 6.54 Å². The Balaban J connectivity index is 1.82. The number of amides is 1. The molecule has 0 aliphatic heterocycles. The van der Waals surface area contributed by atoms with Crippen molar-refractivity contribution in [2.45, 2.75) is 20.3 Å². The Morgan fingerprint density at radius 3 is 2.41 bits per heavy atom. The first-order valence-electron chi connectivity index (χ1n) is 7.42. The number of carbonyl (C=O) groups excluding carboxylic acids is 1. The van der Waals surface area contributed by atoms with E-state index in [1.54, 1.807) is 18.2 Å². The van der Waals surface area contributed by atoms with E-state index in [9.17, 15) is 4.79 Å². The maximum Gasteiger partial charge on any atom is 0.412 e. The maximum atomic E-state index is 11.8. The minimum atomic E-state index is -0.473. The van der Waals surface area contributed by atoms with Gasteiger partial charge in [0.2, 0.25) is 0 Å². The average molecular weight is 299 g/mol. The summed E-state index contributed by atoms with van der Waals surface area (Å²) in [5, 5.41) is 2.75. The summed E-state index contributed by atoms with van der Waals surface area (Å²) in [6, 6.07) is 15.4. The summed E-state index contributed by atoms with van der Waals surface area (Å²) in [6.07, 6.45) is 0.293. The molecule has 0 aliphatic rings. The van der Waals surface area contributed by atoms with E-state index in [1.165, 1.54) is 11.1 Å². The Bertz CT molecular complexity index is 608.